The number of rotatable bonds is 3. The van der Waals surface area contributed by atoms with Crippen molar-refractivity contribution >= 4 is 40.6 Å². The number of hydrogen-bond donors (Lipinski definition) is 1. The first kappa shape index (κ1) is 11.7. The van der Waals surface area contributed by atoms with Gasteiger partial charge in [0.2, 0.25) is 0 Å². The molecule has 16 heavy (non-hydrogen) atoms. The lowest BCUT2D eigenvalue weighted by molar-refractivity contribution is 0.971. The Balaban J connectivity index is 2.20. The van der Waals surface area contributed by atoms with Gasteiger partial charge in [-0.2, -0.15) is 4.37 Å². The van der Waals surface area contributed by atoms with Crippen LogP contribution in [-0.2, 0) is 6.42 Å². The Bertz CT molecular complexity index is 499. The molecule has 0 radical (unpaired) electrons. The number of hydrogen-bond acceptors (Lipinski definition) is 5. The molecule has 2 N–H and O–H groups in total. The van der Waals surface area contributed by atoms with Crippen molar-refractivity contribution in [3.63, 3.8) is 0 Å². The zero-order valence-electron chi connectivity index (χ0n) is 8.61. The van der Waals surface area contributed by atoms with Crippen LogP contribution in [0.25, 0.3) is 0 Å². The minimum atomic E-state index is 0.647. The van der Waals surface area contributed by atoms with Crippen molar-refractivity contribution in [2.24, 2.45) is 0 Å². The number of anilines is 1. The average molecular weight is 272 g/mol. The van der Waals surface area contributed by atoms with Crippen LogP contribution < -0.4 is 5.73 Å². The highest BCUT2D eigenvalue weighted by Crippen LogP contribution is 2.34. The third kappa shape index (κ3) is 2.66. The smallest absolute Gasteiger partial charge is 0.174 e. The Kier molecular flexibility index (Phi) is 3.68. The number of benzene rings is 1. The van der Waals surface area contributed by atoms with Crippen molar-refractivity contribution in [2.75, 3.05) is 5.73 Å². The third-order valence-corrected chi connectivity index (χ3v) is 4.05. The summed E-state index contributed by atoms with van der Waals surface area (Å²) in [6, 6.07) is 5.46. The van der Waals surface area contributed by atoms with Gasteiger partial charge in [-0.05, 0) is 29.7 Å². The summed E-state index contributed by atoms with van der Waals surface area (Å²) in [6.45, 7) is 2.03. The van der Waals surface area contributed by atoms with Crippen molar-refractivity contribution in [3.05, 3.63) is 29.0 Å². The van der Waals surface area contributed by atoms with Crippen molar-refractivity contribution in [1.29, 1.82) is 0 Å². The minimum Gasteiger partial charge on any atom is -0.398 e. The molecule has 3 nitrogen and oxygen atoms in total. The number of nitrogen functional groups attached to an aromatic ring is 1. The Morgan fingerprint density at radius 2 is 2.31 bits per heavy atom. The number of aryl methyl sites for hydroxylation is 1. The van der Waals surface area contributed by atoms with Gasteiger partial charge in [-0.3, -0.25) is 0 Å². The first-order valence-electron chi connectivity index (χ1n) is 4.74. The van der Waals surface area contributed by atoms with Crippen LogP contribution in [0.3, 0.4) is 0 Å². The van der Waals surface area contributed by atoms with Gasteiger partial charge in [0.25, 0.3) is 0 Å². The Labute approximate surface area is 107 Å². The van der Waals surface area contributed by atoms with Gasteiger partial charge in [0.1, 0.15) is 5.82 Å². The van der Waals surface area contributed by atoms with Gasteiger partial charge >= 0.3 is 0 Å². The number of aromatic nitrogens is 2. The van der Waals surface area contributed by atoms with E-state index in [9.17, 15) is 0 Å². The van der Waals surface area contributed by atoms with E-state index in [0.717, 1.165) is 21.5 Å². The molecule has 0 spiro atoms. The van der Waals surface area contributed by atoms with Crippen LogP contribution in [0.15, 0.2) is 27.4 Å². The van der Waals surface area contributed by atoms with E-state index < -0.39 is 0 Å². The molecule has 0 saturated heterocycles. The quantitative estimate of drug-likeness (QED) is 0.869. The van der Waals surface area contributed by atoms with Crippen molar-refractivity contribution in [1.82, 2.24) is 9.36 Å². The maximum Gasteiger partial charge on any atom is 0.174 e. The second-order valence-electron chi connectivity index (χ2n) is 3.11. The first-order valence-corrected chi connectivity index (χ1v) is 6.71. The van der Waals surface area contributed by atoms with E-state index >= 15 is 0 Å². The molecule has 0 saturated carbocycles. The Morgan fingerprint density at radius 1 is 1.50 bits per heavy atom. The highest BCUT2D eigenvalue weighted by molar-refractivity contribution is 8.01. The summed E-state index contributed by atoms with van der Waals surface area (Å²) in [4.78, 5) is 5.33. The van der Waals surface area contributed by atoms with Crippen LogP contribution in [0.4, 0.5) is 5.69 Å². The van der Waals surface area contributed by atoms with Crippen LogP contribution in [-0.4, -0.2) is 9.36 Å². The molecule has 1 aromatic heterocycles. The molecule has 0 unspecified atom stereocenters. The Morgan fingerprint density at radius 3 is 2.94 bits per heavy atom. The summed E-state index contributed by atoms with van der Waals surface area (Å²) in [5.41, 5.74) is 6.53. The topological polar surface area (TPSA) is 51.8 Å². The fourth-order valence-corrected chi connectivity index (χ4v) is 2.99. The summed E-state index contributed by atoms with van der Waals surface area (Å²) >= 11 is 8.75. The van der Waals surface area contributed by atoms with Crippen LogP contribution in [0.1, 0.15) is 12.7 Å². The van der Waals surface area contributed by atoms with E-state index in [1.165, 1.54) is 23.3 Å². The SMILES string of the molecule is CCc1nsc(Sc2ccc(Cl)cc2N)n1. The van der Waals surface area contributed by atoms with Crippen molar-refractivity contribution in [3.8, 4) is 0 Å². The van der Waals surface area contributed by atoms with Crippen LogP contribution >= 0.6 is 34.9 Å². The van der Waals surface area contributed by atoms with Gasteiger partial charge in [-0.15, -0.1) is 0 Å². The molecule has 0 atom stereocenters. The Hall–Kier alpha value is -0.780. The fourth-order valence-electron chi connectivity index (χ4n) is 1.13. The second kappa shape index (κ2) is 5.03. The summed E-state index contributed by atoms with van der Waals surface area (Å²) in [5.74, 6) is 0.875. The van der Waals surface area contributed by atoms with Gasteiger partial charge in [0.05, 0.1) is 0 Å². The zero-order valence-corrected chi connectivity index (χ0v) is 11.0. The summed E-state index contributed by atoms with van der Waals surface area (Å²) < 4.78 is 5.13. The van der Waals surface area contributed by atoms with Crippen LogP contribution in [0.2, 0.25) is 5.02 Å². The lowest BCUT2D eigenvalue weighted by Crippen LogP contribution is -1.88. The molecule has 0 aliphatic rings. The lowest BCUT2D eigenvalue weighted by atomic mass is 10.3. The van der Waals surface area contributed by atoms with E-state index in [4.69, 9.17) is 17.3 Å². The number of halogens is 1. The van der Waals surface area contributed by atoms with E-state index in [-0.39, 0.29) is 0 Å². The molecule has 2 aromatic rings. The molecule has 0 amide bonds. The molecule has 0 aliphatic carbocycles. The molecule has 1 heterocycles. The molecular formula is C10H10ClN3S2. The highest BCUT2D eigenvalue weighted by atomic mass is 35.5. The summed E-state index contributed by atoms with van der Waals surface area (Å²) in [6.07, 6.45) is 0.854. The predicted molar refractivity (Wildman–Crippen MR) is 69.3 cm³/mol. The fraction of sp³-hybridized carbons (Fsp3) is 0.200. The molecule has 2 rings (SSSR count). The first-order chi connectivity index (χ1) is 7.69. The van der Waals surface area contributed by atoms with E-state index in [2.05, 4.69) is 9.36 Å². The second-order valence-corrected chi connectivity index (χ2v) is 5.59. The largest absolute Gasteiger partial charge is 0.398 e. The summed E-state index contributed by atoms with van der Waals surface area (Å²) in [5, 5.41) is 0.647. The van der Waals surface area contributed by atoms with Crippen LogP contribution in [0, 0.1) is 0 Å². The molecule has 0 bridgehead atoms. The standard InChI is InChI=1S/C10H10ClN3S2/c1-2-9-13-10(16-14-9)15-8-4-3-6(11)5-7(8)12/h3-5H,2,12H2,1H3. The third-order valence-electron chi connectivity index (χ3n) is 1.93. The summed E-state index contributed by atoms with van der Waals surface area (Å²) in [7, 11) is 0. The van der Waals surface area contributed by atoms with Gasteiger partial charge in [-0.1, -0.05) is 30.3 Å². The normalized spacial score (nSPS) is 10.6. The average Bonchev–Trinajstić information content (AvgIpc) is 2.70. The highest BCUT2D eigenvalue weighted by Gasteiger charge is 2.07. The molecule has 84 valence electrons. The monoisotopic (exact) mass is 271 g/mol. The van der Waals surface area contributed by atoms with E-state index in [1.807, 2.05) is 19.1 Å². The minimum absolute atomic E-state index is 0.647. The predicted octanol–water partition coefficient (Wildman–Crippen LogP) is 3.49. The maximum atomic E-state index is 5.86. The lowest BCUT2D eigenvalue weighted by Gasteiger charge is -2.02. The van der Waals surface area contributed by atoms with Crippen molar-refractivity contribution < 1.29 is 0 Å². The number of nitrogens with zero attached hydrogens (tertiary/aromatic N) is 2. The molecule has 1 aromatic carbocycles. The van der Waals surface area contributed by atoms with Gasteiger partial charge < -0.3 is 5.73 Å². The van der Waals surface area contributed by atoms with Gasteiger partial charge in [0.15, 0.2) is 4.34 Å². The van der Waals surface area contributed by atoms with Crippen LogP contribution in [0.5, 0.6) is 0 Å². The van der Waals surface area contributed by atoms with Crippen molar-refractivity contribution in [2.45, 2.75) is 22.6 Å². The van der Waals surface area contributed by atoms with E-state index in [1.54, 1.807) is 6.07 Å². The molecule has 6 heteroatoms. The molecule has 0 aliphatic heterocycles. The van der Waals surface area contributed by atoms with E-state index in [0.29, 0.717) is 10.7 Å². The maximum absolute atomic E-state index is 5.86. The molecule has 0 fully saturated rings. The molecular weight excluding hydrogens is 262 g/mol. The van der Waals surface area contributed by atoms with Gasteiger partial charge in [0, 0.05) is 22.0 Å². The number of nitrogens with two attached hydrogens (primary N) is 1. The van der Waals surface area contributed by atoms with Gasteiger partial charge in [-0.25, -0.2) is 4.98 Å². The zero-order chi connectivity index (χ0) is 11.5.